The summed E-state index contributed by atoms with van der Waals surface area (Å²) in [5.74, 6) is 0.819. The molecule has 5 nitrogen and oxygen atoms in total. The van der Waals surface area contributed by atoms with Crippen LogP contribution < -0.4 is 0 Å². The molecule has 1 unspecified atom stereocenters. The largest absolute Gasteiger partial charge is 0.338 e. The molecule has 1 atom stereocenters. The fourth-order valence-electron chi connectivity index (χ4n) is 3.67. The van der Waals surface area contributed by atoms with Gasteiger partial charge in [0.15, 0.2) is 0 Å². The maximum absolute atomic E-state index is 12.8. The first-order valence-corrected chi connectivity index (χ1v) is 11.3. The Kier molecular flexibility index (Phi) is 5.04. The van der Waals surface area contributed by atoms with Crippen molar-refractivity contribution in [1.82, 2.24) is 9.21 Å². The second-order valence-corrected chi connectivity index (χ2v) is 10.4. The van der Waals surface area contributed by atoms with Crippen LogP contribution in [0, 0.1) is 5.92 Å². The molecular formula is C17H26N2O3S2. The lowest BCUT2D eigenvalue weighted by atomic mass is 9.90. The Morgan fingerprint density at radius 3 is 2.58 bits per heavy atom. The number of hydrogen-bond acceptors (Lipinski definition) is 4. The van der Waals surface area contributed by atoms with Crippen LogP contribution in [0.3, 0.4) is 0 Å². The minimum absolute atomic E-state index is 0.00133. The van der Waals surface area contributed by atoms with Gasteiger partial charge in [-0.25, -0.2) is 12.7 Å². The standard InChI is InChI=1S/C17H26N2O3S2/c1-12-4-5-15-13(10-12)11-16(23-15)17(20)19-8-6-14(7-9-19)18(2)24(3,21)22/h11-12,14H,4-10H2,1-3H3. The molecule has 2 heterocycles. The first-order valence-electron chi connectivity index (χ1n) is 8.59. The average molecular weight is 371 g/mol. The monoisotopic (exact) mass is 370 g/mol. The summed E-state index contributed by atoms with van der Waals surface area (Å²) in [6.45, 7) is 3.52. The number of hydrogen-bond donors (Lipinski definition) is 0. The molecule has 134 valence electrons. The van der Waals surface area contributed by atoms with Crippen molar-refractivity contribution < 1.29 is 13.2 Å². The van der Waals surface area contributed by atoms with Crippen molar-refractivity contribution in [3.05, 3.63) is 21.4 Å². The van der Waals surface area contributed by atoms with Crippen molar-refractivity contribution in [3.63, 3.8) is 0 Å². The highest BCUT2D eigenvalue weighted by molar-refractivity contribution is 7.88. The first-order chi connectivity index (χ1) is 11.3. The van der Waals surface area contributed by atoms with Gasteiger partial charge in [-0.1, -0.05) is 6.92 Å². The predicted octanol–water partition coefficient (Wildman–Crippen LogP) is 2.37. The van der Waals surface area contributed by atoms with E-state index in [0.717, 1.165) is 17.7 Å². The zero-order chi connectivity index (χ0) is 17.5. The summed E-state index contributed by atoms with van der Waals surface area (Å²) in [6.07, 6.45) is 6.04. The van der Waals surface area contributed by atoms with E-state index in [4.69, 9.17) is 0 Å². The molecule has 0 spiro atoms. The van der Waals surface area contributed by atoms with E-state index in [0.29, 0.717) is 31.8 Å². The molecule has 1 saturated heterocycles. The third kappa shape index (κ3) is 3.68. The van der Waals surface area contributed by atoms with Crippen LogP contribution in [-0.2, 0) is 22.9 Å². The number of rotatable bonds is 3. The van der Waals surface area contributed by atoms with Crippen molar-refractivity contribution in [1.29, 1.82) is 0 Å². The van der Waals surface area contributed by atoms with E-state index in [1.807, 2.05) is 4.90 Å². The second-order valence-electron chi connectivity index (χ2n) is 7.21. The molecule has 0 N–H and O–H groups in total. The number of carbonyl (C=O) groups excluding carboxylic acids is 1. The lowest BCUT2D eigenvalue weighted by Gasteiger charge is -2.35. The number of thiophene rings is 1. The van der Waals surface area contributed by atoms with E-state index in [-0.39, 0.29) is 11.9 Å². The van der Waals surface area contributed by atoms with Crippen molar-refractivity contribution >= 4 is 27.3 Å². The molecule has 7 heteroatoms. The van der Waals surface area contributed by atoms with Gasteiger partial charge in [-0.2, -0.15) is 0 Å². The summed E-state index contributed by atoms with van der Waals surface area (Å²) in [6, 6.07) is 2.09. The van der Waals surface area contributed by atoms with Crippen LogP contribution >= 0.6 is 11.3 Å². The van der Waals surface area contributed by atoms with Gasteiger partial charge in [-0.15, -0.1) is 11.3 Å². The summed E-state index contributed by atoms with van der Waals surface area (Å²) < 4.78 is 24.8. The van der Waals surface area contributed by atoms with Gasteiger partial charge in [0.1, 0.15) is 0 Å². The predicted molar refractivity (Wildman–Crippen MR) is 97.0 cm³/mol. The van der Waals surface area contributed by atoms with Crippen LogP contribution in [0.2, 0.25) is 0 Å². The van der Waals surface area contributed by atoms with Crippen LogP contribution in [0.4, 0.5) is 0 Å². The van der Waals surface area contributed by atoms with E-state index < -0.39 is 10.0 Å². The Morgan fingerprint density at radius 2 is 1.96 bits per heavy atom. The fraction of sp³-hybridized carbons (Fsp3) is 0.706. The first kappa shape index (κ1) is 17.9. The molecule has 0 radical (unpaired) electrons. The highest BCUT2D eigenvalue weighted by Gasteiger charge is 2.30. The number of amides is 1. The van der Waals surface area contributed by atoms with Gasteiger partial charge >= 0.3 is 0 Å². The second kappa shape index (κ2) is 6.77. The molecule has 1 amide bonds. The summed E-state index contributed by atoms with van der Waals surface area (Å²) in [5, 5.41) is 0. The maximum atomic E-state index is 12.8. The van der Waals surface area contributed by atoms with Crippen LogP contribution in [0.1, 0.15) is 46.3 Å². The number of fused-ring (bicyclic) bond motifs is 1. The molecule has 1 aliphatic carbocycles. The summed E-state index contributed by atoms with van der Waals surface area (Å²) >= 11 is 1.65. The quantitative estimate of drug-likeness (QED) is 0.821. The maximum Gasteiger partial charge on any atom is 0.263 e. The third-order valence-electron chi connectivity index (χ3n) is 5.33. The van der Waals surface area contributed by atoms with Crippen LogP contribution in [0.25, 0.3) is 0 Å². The van der Waals surface area contributed by atoms with Crippen LogP contribution in [-0.4, -0.2) is 56.0 Å². The third-order valence-corrected chi connectivity index (χ3v) is 7.90. The summed E-state index contributed by atoms with van der Waals surface area (Å²) in [7, 11) is -1.54. The van der Waals surface area contributed by atoms with Gasteiger partial charge in [-0.05, 0) is 49.7 Å². The van der Waals surface area contributed by atoms with Gasteiger partial charge in [0, 0.05) is 31.1 Å². The van der Waals surface area contributed by atoms with E-state index in [9.17, 15) is 13.2 Å². The van der Waals surface area contributed by atoms with Gasteiger partial charge in [-0.3, -0.25) is 4.79 Å². The van der Waals surface area contributed by atoms with Crippen molar-refractivity contribution in [2.75, 3.05) is 26.4 Å². The molecule has 24 heavy (non-hydrogen) atoms. The Labute approximate surface area is 148 Å². The van der Waals surface area contributed by atoms with Crippen LogP contribution in [0.5, 0.6) is 0 Å². The molecule has 1 aromatic heterocycles. The SMILES string of the molecule is CC1CCc2sc(C(=O)N3CCC(N(C)S(C)(=O)=O)CC3)cc2C1. The number of sulfonamides is 1. The lowest BCUT2D eigenvalue weighted by molar-refractivity contribution is 0.0691. The normalized spacial score (nSPS) is 22.7. The zero-order valence-electron chi connectivity index (χ0n) is 14.6. The molecule has 0 bridgehead atoms. The molecule has 3 rings (SSSR count). The molecule has 1 aliphatic heterocycles. The number of nitrogens with zero attached hydrogens (tertiary/aromatic N) is 2. The number of likely N-dealkylation sites (tertiary alicyclic amines) is 1. The van der Waals surface area contributed by atoms with Gasteiger partial charge < -0.3 is 4.90 Å². The molecule has 2 aliphatic rings. The van der Waals surface area contributed by atoms with Gasteiger partial charge in [0.2, 0.25) is 10.0 Å². The van der Waals surface area contributed by atoms with E-state index in [1.165, 1.54) is 27.4 Å². The van der Waals surface area contributed by atoms with Gasteiger partial charge in [0.05, 0.1) is 11.1 Å². The summed E-state index contributed by atoms with van der Waals surface area (Å²) in [5.41, 5.74) is 1.36. The van der Waals surface area contributed by atoms with E-state index >= 15 is 0 Å². The summed E-state index contributed by atoms with van der Waals surface area (Å²) in [4.78, 5) is 16.9. The van der Waals surface area contributed by atoms with E-state index in [1.54, 1.807) is 18.4 Å². The smallest absolute Gasteiger partial charge is 0.263 e. The molecule has 1 fully saturated rings. The van der Waals surface area contributed by atoms with E-state index in [2.05, 4.69) is 13.0 Å². The Bertz CT molecular complexity index is 718. The minimum Gasteiger partial charge on any atom is -0.338 e. The topological polar surface area (TPSA) is 57.7 Å². The number of carbonyl (C=O) groups is 1. The Balaban J connectivity index is 1.64. The number of piperidine rings is 1. The fourth-order valence-corrected chi connectivity index (χ4v) is 5.60. The van der Waals surface area contributed by atoms with Gasteiger partial charge in [0.25, 0.3) is 5.91 Å². The highest BCUT2D eigenvalue weighted by atomic mass is 32.2. The van der Waals surface area contributed by atoms with Crippen molar-refractivity contribution in [3.8, 4) is 0 Å². The molecule has 1 aromatic rings. The minimum atomic E-state index is -3.17. The zero-order valence-corrected chi connectivity index (χ0v) is 16.3. The molecular weight excluding hydrogens is 344 g/mol. The van der Waals surface area contributed by atoms with Crippen LogP contribution in [0.15, 0.2) is 6.07 Å². The molecule has 0 saturated carbocycles. The van der Waals surface area contributed by atoms with Crippen molar-refractivity contribution in [2.24, 2.45) is 5.92 Å². The van der Waals surface area contributed by atoms with Crippen molar-refractivity contribution in [2.45, 2.75) is 45.1 Å². The number of aryl methyl sites for hydroxylation is 1. The highest BCUT2D eigenvalue weighted by Crippen LogP contribution is 2.33. The Hall–Kier alpha value is -0.920. The average Bonchev–Trinajstić information content (AvgIpc) is 2.95. The molecule has 0 aromatic carbocycles. The Morgan fingerprint density at radius 1 is 1.29 bits per heavy atom. The lowest BCUT2D eigenvalue weighted by Crippen LogP contribution is -2.46.